The molecule has 0 radical (unpaired) electrons. The number of hydrogen-bond acceptors (Lipinski definition) is 5. The van der Waals surface area contributed by atoms with Crippen LogP contribution in [0.5, 0.6) is 0 Å². The minimum atomic E-state index is -3.53. The van der Waals surface area contributed by atoms with E-state index in [1.165, 1.54) is 18.2 Å². The maximum absolute atomic E-state index is 11.8. The number of hydrogen-bond donors (Lipinski definition) is 1. The summed E-state index contributed by atoms with van der Waals surface area (Å²) in [6.45, 7) is 1.55. The zero-order chi connectivity index (χ0) is 13.9. The summed E-state index contributed by atoms with van der Waals surface area (Å²) in [5.74, 6) is -0.722. The van der Waals surface area contributed by atoms with Crippen molar-refractivity contribution < 1.29 is 13.3 Å². The second-order valence-corrected chi connectivity index (χ2v) is 6.54. The summed E-state index contributed by atoms with van der Waals surface area (Å²) in [5.41, 5.74) is 5.13. The molecule has 0 aromatic heterocycles. The number of sulfone groups is 1. The first-order valence-electron chi connectivity index (χ1n) is 5.10. The van der Waals surface area contributed by atoms with E-state index < -0.39 is 26.6 Å². The molecule has 0 aliphatic carbocycles. The minimum absolute atomic E-state index is 0.00446. The van der Waals surface area contributed by atoms with E-state index in [-0.39, 0.29) is 22.0 Å². The van der Waals surface area contributed by atoms with Crippen LogP contribution in [0.3, 0.4) is 0 Å². The molecule has 0 aliphatic rings. The molecule has 0 saturated heterocycles. The third-order valence-electron chi connectivity index (χ3n) is 2.17. The Balaban J connectivity index is 3.15. The monoisotopic (exact) mass is 292 g/mol. The van der Waals surface area contributed by atoms with Gasteiger partial charge in [0.25, 0.3) is 5.69 Å². The van der Waals surface area contributed by atoms with Crippen LogP contribution < -0.4 is 5.73 Å². The zero-order valence-corrected chi connectivity index (χ0v) is 11.2. The predicted octanol–water partition coefficient (Wildman–Crippen LogP) is 1.51. The molecule has 0 fully saturated rings. The van der Waals surface area contributed by atoms with Gasteiger partial charge in [0.05, 0.1) is 27.0 Å². The zero-order valence-electron chi connectivity index (χ0n) is 9.67. The summed E-state index contributed by atoms with van der Waals surface area (Å²) in [6.07, 6.45) is 0. The number of halogens is 1. The molecule has 2 N–H and O–H groups in total. The van der Waals surface area contributed by atoms with Crippen molar-refractivity contribution in [1.29, 1.82) is 0 Å². The van der Waals surface area contributed by atoms with E-state index in [9.17, 15) is 18.5 Å². The molecule has 1 aromatic carbocycles. The Kier molecular flexibility index (Phi) is 4.66. The molecule has 100 valence electrons. The summed E-state index contributed by atoms with van der Waals surface area (Å²) in [7, 11) is -3.53. The summed E-state index contributed by atoms with van der Waals surface area (Å²) >= 11 is 5.82. The molecule has 1 rings (SSSR count). The lowest BCUT2D eigenvalue weighted by molar-refractivity contribution is -0.385. The van der Waals surface area contributed by atoms with E-state index in [0.29, 0.717) is 0 Å². The van der Waals surface area contributed by atoms with Gasteiger partial charge in [0.1, 0.15) is 0 Å². The summed E-state index contributed by atoms with van der Waals surface area (Å²) in [4.78, 5) is 10.2. The predicted molar refractivity (Wildman–Crippen MR) is 69.2 cm³/mol. The summed E-state index contributed by atoms with van der Waals surface area (Å²) in [6, 6.07) is 3.52. The van der Waals surface area contributed by atoms with E-state index in [2.05, 4.69) is 0 Å². The van der Waals surface area contributed by atoms with Crippen molar-refractivity contribution in [2.24, 2.45) is 5.73 Å². The van der Waals surface area contributed by atoms with Crippen molar-refractivity contribution in [1.82, 2.24) is 0 Å². The molecule has 0 aliphatic heterocycles. The van der Waals surface area contributed by atoms with Crippen molar-refractivity contribution in [2.45, 2.75) is 18.7 Å². The summed E-state index contributed by atoms with van der Waals surface area (Å²) in [5, 5.41) is 10.9. The third kappa shape index (κ3) is 3.94. The molecule has 0 heterocycles. The van der Waals surface area contributed by atoms with Gasteiger partial charge in [0.2, 0.25) is 0 Å². The highest BCUT2D eigenvalue weighted by molar-refractivity contribution is 7.90. The number of nitro groups is 1. The molecule has 0 saturated carbocycles. The maximum Gasteiger partial charge on any atom is 0.275 e. The van der Waals surface area contributed by atoms with Crippen LogP contribution in [0.2, 0.25) is 5.02 Å². The van der Waals surface area contributed by atoms with Gasteiger partial charge in [-0.05, 0) is 13.0 Å². The van der Waals surface area contributed by atoms with Crippen LogP contribution in [0.4, 0.5) is 5.69 Å². The molecular formula is C10H13ClN2O4S. The Morgan fingerprint density at radius 2 is 2.11 bits per heavy atom. The highest BCUT2D eigenvalue weighted by Gasteiger charge is 2.23. The molecule has 1 atom stereocenters. The second-order valence-electron chi connectivity index (χ2n) is 4.03. The Bertz CT molecular complexity index is 557. The van der Waals surface area contributed by atoms with Crippen molar-refractivity contribution in [3.8, 4) is 0 Å². The van der Waals surface area contributed by atoms with Crippen LogP contribution >= 0.6 is 11.6 Å². The van der Waals surface area contributed by atoms with Gasteiger partial charge in [-0.3, -0.25) is 10.1 Å². The largest absolute Gasteiger partial charge is 0.327 e. The van der Waals surface area contributed by atoms with Gasteiger partial charge in [-0.25, -0.2) is 8.42 Å². The normalized spacial score (nSPS) is 13.3. The SMILES string of the molecule is CC(N)CS(=O)(=O)Cc1c(Cl)cccc1[N+](=O)[O-]. The fourth-order valence-corrected chi connectivity index (χ4v) is 3.52. The van der Waals surface area contributed by atoms with Gasteiger partial charge in [0, 0.05) is 12.1 Å². The Morgan fingerprint density at radius 3 is 2.61 bits per heavy atom. The molecule has 1 aromatic rings. The van der Waals surface area contributed by atoms with E-state index in [1.54, 1.807) is 6.92 Å². The molecule has 0 amide bonds. The number of nitrogens with zero attached hydrogens (tertiary/aromatic N) is 1. The van der Waals surface area contributed by atoms with Gasteiger partial charge >= 0.3 is 0 Å². The van der Waals surface area contributed by atoms with E-state index >= 15 is 0 Å². The van der Waals surface area contributed by atoms with Crippen LogP contribution in [0.1, 0.15) is 12.5 Å². The Labute approximate surface area is 110 Å². The van der Waals surface area contributed by atoms with Crippen LogP contribution in [0.25, 0.3) is 0 Å². The fraction of sp³-hybridized carbons (Fsp3) is 0.400. The molecule has 1 unspecified atom stereocenters. The van der Waals surface area contributed by atoms with Gasteiger partial charge < -0.3 is 5.73 Å². The highest BCUT2D eigenvalue weighted by atomic mass is 35.5. The van der Waals surface area contributed by atoms with Crippen molar-refractivity contribution in [2.75, 3.05) is 5.75 Å². The number of benzene rings is 1. The number of rotatable bonds is 5. The molecule has 18 heavy (non-hydrogen) atoms. The standard InChI is InChI=1S/C10H13ClN2O4S/c1-7(12)5-18(16,17)6-8-9(11)3-2-4-10(8)13(14)15/h2-4,7H,5-6,12H2,1H3. The molecule has 8 heteroatoms. The topological polar surface area (TPSA) is 103 Å². The van der Waals surface area contributed by atoms with Gasteiger partial charge in [0.15, 0.2) is 9.84 Å². The lowest BCUT2D eigenvalue weighted by Crippen LogP contribution is -2.27. The van der Waals surface area contributed by atoms with Crippen LogP contribution in [-0.4, -0.2) is 25.1 Å². The average molecular weight is 293 g/mol. The van der Waals surface area contributed by atoms with Gasteiger partial charge in [-0.15, -0.1) is 0 Å². The second kappa shape index (κ2) is 5.64. The summed E-state index contributed by atoms with van der Waals surface area (Å²) < 4.78 is 23.6. The Hall–Kier alpha value is -1.18. The lowest BCUT2D eigenvalue weighted by atomic mass is 10.2. The maximum atomic E-state index is 11.8. The molecule has 0 spiro atoms. The quantitative estimate of drug-likeness (QED) is 0.654. The number of nitro benzene ring substituents is 1. The van der Waals surface area contributed by atoms with E-state index in [0.717, 1.165) is 0 Å². The Morgan fingerprint density at radius 1 is 1.50 bits per heavy atom. The highest BCUT2D eigenvalue weighted by Crippen LogP contribution is 2.28. The van der Waals surface area contributed by atoms with Gasteiger partial charge in [-0.2, -0.15) is 0 Å². The van der Waals surface area contributed by atoms with Crippen molar-refractivity contribution in [3.05, 3.63) is 38.9 Å². The first-order valence-corrected chi connectivity index (χ1v) is 7.30. The number of nitrogens with two attached hydrogens (primary N) is 1. The van der Waals surface area contributed by atoms with E-state index in [4.69, 9.17) is 17.3 Å². The molecule has 6 nitrogen and oxygen atoms in total. The van der Waals surface area contributed by atoms with Crippen molar-refractivity contribution >= 4 is 27.1 Å². The van der Waals surface area contributed by atoms with E-state index in [1.807, 2.05) is 0 Å². The smallest absolute Gasteiger partial charge is 0.275 e. The first kappa shape index (κ1) is 14.9. The molecule has 0 bridgehead atoms. The van der Waals surface area contributed by atoms with Crippen molar-refractivity contribution in [3.63, 3.8) is 0 Å². The fourth-order valence-electron chi connectivity index (χ4n) is 1.54. The average Bonchev–Trinajstić information content (AvgIpc) is 2.18. The van der Waals surface area contributed by atoms with Crippen LogP contribution in [0, 0.1) is 10.1 Å². The minimum Gasteiger partial charge on any atom is -0.327 e. The third-order valence-corrected chi connectivity index (χ3v) is 4.29. The van der Waals surface area contributed by atoms with Crippen LogP contribution in [0.15, 0.2) is 18.2 Å². The first-order chi connectivity index (χ1) is 8.23. The molecular weight excluding hydrogens is 280 g/mol. The van der Waals surface area contributed by atoms with Crippen LogP contribution in [-0.2, 0) is 15.6 Å². The van der Waals surface area contributed by atoms with Gasteiger partial charge in [-0.1, -0.05) is 17.7 Å². The lowest BCUT2D eigenvalue weighted by Gasteiger charge is -2.08.